The van der Waals surface area contributed by atoms with Crippen LogP contribution >= 0.6 is 0 Å². The first-order valence-electron chi connectivity index (χ1n) is 4.09. The van der Waals surface area contributed by atoms with Gasteiger partial charge in [0.2, 0.25) is 0 Å². The van der Waals surface area contributed by atoms with E-state index >= 15 is 0 Å². The van der Waals surface area contributed by atoms with Gasteiger partial charge in [-0.3, -0.25) is 9.59 Å². The van der Waals surface area contributed by atoms with Crippen molar-refractivity contribution in [2.24, 2.45) is 17.8 Å². The van der Waals surface area contributed by atoms with E-state index in [0.717, 1.165) is 0 Å². The van der Waals surface area contributed by atoms with Crippen molar-refractivity contribution in [3.8, 4) is 0 Å². The van der Waals surface area contributed by atoms with E-state index in [2.05, 4.69) is 0 Å². The Morgan fingerprint density at radius 1 is 1.00 bits per heavy atom. The molecule has 1 rings (SSSR count). The van der Waals surface area contributed by atoms with E-state index in [1.54, 1.807) is 0 Å². The number of carbonyl (C=O) groups excluding carboxylic acids is 2. The molecule has 0 aliphatic heterocycles. The molecule has 0 radical (unpaired) electrons. The molecule has 0 aromatic carbocycles. The smallest absolute Gasteiger partial charge is 0.143 e. The average molecular weight is 154 g/mol. The van der Waals surface area contributed by atoms with E-state index in [-0.39, 0.29) is 35.7 Å². The summed E-state index contributed by atoms with van der Waals surface area (Å²) >= 11 is 0. The molecule has 1 saturated carbocycles. The molecule has 2 atom stereocenters. The van der Waals surface area contributed by atoms with Gasteiger partial charge in [-0.2, -0.15) is 0 Å². The molecule has 1 aliphatic carbocycles. The van der Waals surface area contributed by atoms with Crippen LogP contribution in [0.4, 0.5) is 0 Å². The van der Waals surface area contributed by atoms with Gasteiger partial charge in [0.25, 0.3) is 0 Å². The summed E-state index contributed by atoms with van der Waals surface area (Å²) in [5.41, 5.74) is 0. The zero-order valence-corrected chi connectivity index (χ0v) is 7.26. The Morgan fingerprint density at radius 2 is 1.36 bits per heavy atom. The number of hydrogen-bond acceptors (Lipinski definition) is 2. The summed E-state index contributed by atoms with van der Waals surface area (Å²) in [6, 6.07) is 0. The van der Waals surface area contributed by atoms with Gasteiger partial charge in [-0.25, -0.2) is 0 Å². The van der Waals surface area contributed by atoms with Gasteiger partial charge in [0.05, 0.1) is 6.42 Å². The predicted molar refractivity (Wildman–Crippen MR) is 42.1 cm³/mol. The number of rotatable bonds is 0. The first-order valence-corrected chi connectivity index (χ1v) is 4.09. The summed E-state index contributed by atoms with van der Waals surface area (Å²) < 4.78 is 0. The zero-order valence-electron chi connectivity index (χ0n) is 7.26. The molecule has 1 aliphatic rings. The molecule has 1 fully saturated rings. The summed E-state index contributed by atoms with van der Waals surface area (Å²) in [4.78, 5) is 22.3. The van der Waals surface area contributed by atoms with E-state index in [4.69, 9.17) is 0 Å². The van der Waals surface area contributed by atoms with Gasteiger partial charge in [-0.05, 0) is 5.92 Å². The quantitative estimate of drug-likeness (QED) is 0.495. The van der Waals surface area contributed by atoms with Crippen LogP contribution in [0.25, 0.3) is 0 Å². The van der Waals surface area contributed by atoms with Crippen LogP contribution in [-0.4, -0.2) is 11.6 Å². The minimum absolute atomic E-state index is 0.0719. The van der Waals surface area contributed by atoms with Crippen molar-refractivity contribution >= 4 is 11.6 Å². The van der Waals surface area contributed by atoms with Crippen molar-refractivity contribution < 1.29 is 9.59 Å². The van der Waals surface area contributed by atoms with Gasteiger partial charge in [-0.15, -0.1) is 0 Å². The van der Waals surface area contributed by atoms with Crippen molar-refractivity contribution in [2.75, 3.05) is 0 Å². The third kappa shape index (κ3) is 1.35. The molecule has 0 saturated heterocycles. The zero-order chi connectivity index (χ0) is 8.59. The SMILES string of the molecule is CC1C(=O)CC(=O)C(C)C1C. The lowest BCUT2D eigenvalue weighted by molar-refractivity contribution is -0.137. The van der Waals surface area contributed by atoms with E-state index < -0.39 is 0 Å². The lowest BCUT2D eigenvalue weighted by Crippen LogP contribution is -2.36. The second-order valence-electron chi connectivity index (χ2n) is 3.55. The van der Waals surface area contributed by atoms with Crippen LogP contribution in [0.3, 0.4) is 0 Å². The molecule has 0 aromatic rings. The molecular formula is C9H14O2. The molecule has 2 heteroatoms. The van der Waals surface area contributed by atoms with E-state index in [1.165, 1.54) is 0 Å². The second-order valence-corrected chi connectivity index (χ2v) is 3.55. The topological polar surface area (TPSA) is 34.1 Å². The van der Waals surface area contributed by atoms with Crippen molar-refractivity contribution in [2.45, 2.75) is 27.2 Å². The summed E-state index contributed by atoms with van der Waals surface area (Å²) in [5.74, 6) is 0.593. The number of Topliss-reactive ketones (excluding diaryl/α,β-unsaturated/α-hetero) is 2. The molecule has 0 N–H and O–H groups in total. The minimum atomic E-state index is 0.0719. The number of ketones is 2. The Morgan fingerprint density at radius 3 is 1.73 bits per heavy atom. The molecule has 11 heavy (non-hydrogen) atoms. The third-order valence-corrected chi connectivity index (χ3v) is 2.94. The Bertz CT molecular complexity index is 176. The van der Waals surface area contributed by atoms with Gasteiger partial charge in [0.1, 0.15) is 11.6 Å². The van der Waals surface area contributed by atoms with Crippen molar-refractivity contribution in [1.29, 1.82) is 0 Å². The molecule has 0 amide bonds. The van der Waals surface area contributed by atoms with Gasteiger partial charge in [0.15, 0.2) is 0 Å². The van der Waals surface area contributed by atoms with Crippen LogP contribution < -0.4 is 0 Å². The maximum absolute atomic E-state index is 11.1. The van der Waals surface area contributed by atoms with Crippen LogP contribution in [0.2, 0.25) is 0 Å². The lowest BCUT2D eigenvalue weighted by Gasteiger charge is -2.29. The third-order valence-electron chi connectivity index (χ3n) is 2.94. The van der Waals surface area contributed by atoms with Crippen LogP contribution in [0.15, 0.2) is 0 Å². The maximum Gasteiger partial charge on any atom is 0.143 e. The van der Waals surface area contributed by atoms with E-state index in [1.807, 2.05) is 20.8 Å². The van der Waals surface area contributed by atoms with Crippen LogP contribution in [0.5, 0.6) is 0 Å². The lowest BCUT2D eigenvalue weighted by atomic mass is 9.73. The molecule has 0 aromatic heterocycles. The van der Waals surface area contributed by atoms with Crippen molar-refractivity contribution in [1.82, 2.24) is 0 Å². The number of hydrogen-bond donors (Lipinski definition) is 0. The van der Waals surface area contributed by atoms with Gasteiger partial charge >= 0.3 is 0 Å². The molecule has 2 unspecified atom stereocenters. The highest BCUT2D eigenvalue weighted by molar-refractivity contribution is 6.03. The van der Waals surface area contributed by atoms with Gasteiger partial charge < -0.3 is 0 Å². The summed E-state index contributed by atoms with van der Waals surface area (Å²) in [7, 11) is 0. The first kappa shape index (κ1) is 8.44. The van der Waals surface area contributed by atoms with Crippen LogP contribution in [0.1, 0.15) is 27.2 Å². The van der Waals surface area contributed by atoms with E-state index in [0.29, 0.717) is 0 Å². The molecular weight excluding hydrogens is 140 g/mol. The van der Waals surface area contributed by atoms with Crippen molar-refractivity contribution in [3.05, 3.63) is 0 Å². The Balaban J connectivity index is 2.78. The highest BCUT2D eigenvalue weighted by atomic mass is 16.1. The summed E-state index contributed by atoms with van der Waals surface area (Å²) in [6.07, 6.45) is 0.159. The minimum Gasteiger partial charge on any atom is -0.299 e. The largest absolute Gasteiger partial charge is 0.299 e. The highest BCUT2D eigenvalue weighted by Crippen LogP contribution is 2.29. The fourth-order valence-electron chi connectivity index (χ4n) is 1.51. The average Bonchev–Trinajstić information content (AvgIpc) is 1.97. The standard InChI is InChI=1S/C9H14O2/c1-5-6(2)8(10)4-9(11)7(5)3/h5-7H,4H2,1-3H3. The predicted octanol–water partition coefficient (Wildman–Crippen LogP) is 1.44. The fraction of sp³-hybridized carbons (Fsp3) is 0.778. The Kier molecular flexibility index (Phi) is 2.12. The molecule has 0 heterocycles. The molecule has 0 spiro atoms. The Hall–Kier alpha value is -0.660. The second kappa shape index (κ2) is 2.76. The maximum atomic E-state index is 11.1. The van der Waals surface area contributed by atoms with Gasteiger partial charge in [0, 0.05) is 11.8 Å². The molecule has 0 bridgehead atoms. The molecule has 62 valence electrons. The van der Waals surface area contributed by atoms with Crippen LogP contribution in [-0.2, 0) is 9.59 Å². The van der Waals surface area contributed by atoms with Gasteiger partial charge in [-0.1, -0.05) is 20.8 Å². The molecule has 2 nitrogen and oxygen atoms in total. The Labute approximate surface area is 67.0 Å². The van der Waals surface area contributed by atoms with Crippen LogP contribution in [0, 0.1) is 17.8 Å². The summed E-state index contributed by atoms with van der Waals surface area (Å²) in [6.45, 7) is 5.80. The highest BCUT2D eigenvalue weighted by Gasteiger charge is 2.35. The summed E-state index contributed by atoms with van der Waals surface area (Å²) in [5, 5.41) is 0. The monoisotopic (exact) mass is 154 g/mol. The number of carbonyl (C=O) groups is 2. The van der Waals surface area contributed by atoms with Crippen molar-refractivity contribution in [3.63, 3.8) is 0 Å². The fourth-order valence-corrected chi connectivity index (χ4v) is 1.51. The van der Waals surface area contributed by atoms with E-state index in [9.17, 15) is 9.59 Å². The first-order chi connectivity index (χ1) is 5.04. The normalized spacial score (nSPS) is 39.4.